The van der Waals surface area contributed by atoms with Gasteiger partial charge in [-0.1, -0.05) is 68.7 Å². The lowest BCUT2D eigenvalue weighted by molar-refractivity contribution is -0.123. The standard InChI is InChI=1S/C28H49NO.2C2H6.CH4O.2CH2O/c1-6-17-29-26(30)12-7-20(3)23-10-11-24-22-9-8-21-18-19(2)13-15-27(21,4)25(22)14-16-28(23,24)5;5*1-2/h19-25H,6-18H2,1-5H3,(H,29,30);2*1-2H3;2H,1H3;2*1H2/t19?,20?,21?,22?,23?,24?,25?,27-,28+;;;;;/m1...../s1. The van der Waals surface area contributed by atoms with E-state index in [2.05, 4.69) is 39.9 Å². The predicted octanol–water partition coefficient (Wildman–Crippen LogP) is 8.52. The van der Waals surface area contributed by atoms with Gasteiger partial charge in [0, 0.05) is 20.1 Å². The minimum Gasteiger partial charge on any atom is -0.400 e. The Morgan fingerprint density at radius 3 is 2.00 bits per heavy atom. The topological polar surface area (TPSA) is 83.5 Å². The van der Waals surface area contributed by atoms with Crippen molar-refractivity contribution in [2.24, 2.45) is 52.3 Å². The molecule has 0 aromatic rings. The molecule has 0 bridgehead atoms. The van der Waals surface area contributed by atoms with Gasteiger partial charge in [0.15, 0.2) is 0 Å². The zero-order chi connectivity index (χ0) is 31.5. The molecular formula is C35H69NO4. The fourth-order valence-corrected chi connectivity index (χ4v) is 9.36. The first kappa shape index (κ1) is 40.9. The summed E-state index contributed by atoms with van der Waals surface area (Å²) in [7, 11) is 1.00. The van der Waals surface area contributed by atoms with Gasteiger partial charge < -0.3 is 20.0 Å². The summed E-state index contributed by atoms with van der Waals surface area (Å²) in [6.07, 6.45) is 16.1. The minimum absolute atomic E-state index is 0.268. The zero-order valence-electron chi connectivity index (χ0n) is 28.3. The molecule has 2 N–H and O–H groups in total. The van der Waals surface area contributed by atoms with Crippen molar-refractivity contribution in [2.75, 3.05) is 13.7 Å². The Morgan fingerprint density at radius 1 is 0.875 bits per heavy atom. The van der Waals surface area contributed by atoms with Crippen molar-refractivity contribution < 1.29 is 19.5 Å². The van der Waals surface area contributed by atoms with E-state index in [0.717, 1.165) is 68.4 Å². The number of hydrogen-bond acceptors (Lipinski definition) is 4. The van der Waals surface area contributed by atoms with Gasteiger partial charge >= 0.3 is 0 Å². The van der Waals surface area contributed by atoms with E-state index in [1.54, 1.807) is 0 Å². The molecule has 4 fully saturated rings. The molecule has 4 aliphatic rings. The molecule has 9 atom stereocenters. The number of aliphatic hydroxyl groups excluding tert-OH is 1. The lowest BCUT2D eigenvalue weighted by Gasteiger charge is -2.61. The average molecular weight is 568 g/mol. The van der Waals surface area contributed by atoms with E-state index in [-0.39, 0.29) is 5.91 Å². The molecule has 0 saturated heterocycles. The lowest BCUT2D eigenvalue weighted by Crippen LogP contribution is -2.53. The Balaban J connectivity index is 0. The molecule has 0 heterocycles. The molecule has 1 amide bonds. The molecule has 0 aromatic heterocycles. The van der Waals surface area contributed by atoms with Gasteiger partial charge in [-0.2, -0.15) is 0 Å². The van der Waals surface area contributed by atoms with Crippen molar-refractivity contribution >= 4 is 19.5 Å². The summed E-state index contributed by atoms with van der Waals surface area (Å²) in [5.41, 5.74) is 1.17. The Morgan fingerprint density at radius 2 is 1.43 bits per heavy atom. The van der Waals surface area contributed by atoms with Crippen LogP contribution in [-0.2, 0) is 14.4 Å². The fraction of sp³-hybridized carbons (Fsp3) is 0.914. The van der Waals surface area contributed by atoms with Gasteiger partial charge in [-0.25, -0.2) is 0 Å². The maximum atomic E-state index is 12.2. The van der Waals surface area contributed by atoms with Crippen molar-refractivity contribution in [1.82, 2.24) is 5.32 Å². The van der Waals surface area contributed by atoms with E-state index in [4.69, 9.17) is 14.7 Å². The van der Waals surface area contributed by atoms with Crippen LogP contribution in [0.2, 0.25) is 0 Å². The van der Waals surface area contributed by atoms with Gasteiger partial charge in [0.05, 0.1) is 0 Å². The summed E-state index contributed by atoms with van der Waals surface area (Å²) in [6.45, 7) is 25.3. The molecule has 0 aliphatic heterocycles. The highest BCUT2D eigenvalue weighted by Gasteiger charge is 2.60. The first-order chi connectivity index (χ1) is 19.3. The van der Waals surface area contributed by atoms with Crippen molar-refractivity contribution in [3.8, 4) is 0 Å². The number of amides is 1. The number of nitrogens with one attached hydrogen (secondary N) is 1. The van der Waals surface area contributed by atoms with Crippen molar-refractivity contribution in [3.05, 3.63) is 0 Å². The van der Waals surface area contributed by atoms with Crippen LogP contribution in [0.3, 0.4) is 0 Å². The lowest BCUT2D eigenvalue weighted by atomic mass is 9.44. The molecule has 5 heteroatoms. The Bertz CT molecular complexity index is 655. The SMILES string of the molecule is C=O.C=O.CC.CC.CCCNC(=O)CCC(C)C1CCC2C3CCC4CC(C)CC[C@@]4(C)C3CC[C@@]12C.CO. The Labute approximate surface area is 249 Å². The monoisotopic (exact) mass is 568 g/mol. The van der Waals surface area contributed by atoms with Gasteiger partial charge in [-0.05, 0) is 116 Å². The summed E-state index contributed by atoms with van der Waals surface area (Å²) < 4.78 is 0. The van der Waals surface area contributed by atoms with Crippen LogP contribution < -0.4 is 5.32 Å². The maximum Gasteiger partial charge on any atom is 0.220 e. The second kappa shape index (κ2) is 21.5. The van der Waals surface area contributed by atoms with Gasteiger partial charge in [0.1, 0.15) is 13.6 Å². The molecular weight excluding hydrogens is 498 g/mol. The van der Waals surface area contributed by atoms with Crippen LogP contribution in [-0.4, -0.2) is 38.2 Å². The molecule has 4 rings (SSSR count). The molecule has 7 unspecified atom stereocenters. The van der Waals surface area contributed by atoms with E-state index in [0.29, 0.717) is 16.7 Å². The number of rotatable bonds is 6. The van der Waals surface area contributed by atoms with Gasteiger partial charge in [-0.15, -0.1) is 0 Å². The second-order valence-electron chi connectivity index (χ2n) is 12.6. The van der Waals surface area contributed by atoms with Crippen LogP contribution in [0.15, 0.2) is 0 Å². The van der Waals surface area contributed by atoms with Gasteiger partial charge in [-0.3, -0.25) is 4.79 Å². The van der Waals surface area contributed by atoms with Crippen LogP contribution in [0.5, 0.6) is 0 Å². The first-order valence-corrected chi connectivity index (χ1v) is 16.6. The van der Waals surface area contributed by atoms with Crippen LogP contribution >= 0.6 is 0 Å². The molecule has 238 valence electrons. The predicted molar refractivity (Wildman–Crippen MR) is 171 cm³/mol. The number of carbonyl (C=O) groups is 3. The Hall–Kier alpha value is -1.23. The molecule has 4 aliphatic carbocycles. The number of aliphatic hydroxyl groups is 1. The van der Waals surface area contributed by atoms with Gasteiger partial charge in [0.2, 0.25) is 5.91 Å². The van der Waals surface area contributed by atoms with E-state index in [1.807, 2.05) is 41.3 Å². The van der Waals surface area contributed by atoms with Crippen molar-refractivity contribution in [3.63, 3.8) is 0 Å². The first-order valence-electron chi connectivity index (χ1n) is 16.6. The number of carbonyl (C=O) groups excluding carboxylic acids is 3. The third-order valence-electron chi connectivity index (χ3n) is 11.1. The second-order valence-corrected chi connectivity index (χ2v) is 12.6. The molecule has 4 saturated carbocycles. The summed E-state index contributed by atoms with van der Waals surface area (Å²) in [5.74, 6) is 6.69. The van der Waals surface area contributed by atoms with Crippen molar-refractivity contribution in [1.29, 1.82) is 0 Å². The van der Waals surface area contributed by atoms with Crippen LogP contribution in [0.1, 0.15) is 139 Å². The third kappa shape index (κ3) is 9.66. The normalized spacial score (nSPS) is 35.5. The summed E-state index contributed by atoms with van der Waals surface area (Å²) in [4.78, 5) is 28.2. The highest BCUT2D eigenvalue weighted by atomic mass is 16.2. The largest absolute Gasteiger partial charge is 0.400 e. The summed E-state index contributed by atoms with van der Waals surface area (Å²) >= 11 is 0. The summed E-state index contributed by atoms with van der Waals surface area (Å²) in [6, 6.07) is 0. The highest BCUT2D eigenvalue weighted by Crippen LogP contribution is 2.68. The Kier molecular flexibility index (Phi) is 22.0. The van der Waals surface area contributed by atoms with Crippen LogP contribution in [0.4, 0.5) is 0 Å². The van der Waals surface area contributed by atoms with E-state index < -0.39 is 0 Å². The quantitative estimate of drug-likeness (QED) is 0.337. The van der Waals surface area contributed by atoms with E-state index in [1.165, 1.54) is 57.8 Å². The summed E-state index contributed by atoms with van der Waals surface area (Å²) in [5, 5.41) is 10.1. The average Bonchev–Trinajstić information content (AvgIpc) is 3.37. The third-order valence-corrected chi connectivity index (χ3v) is 11.1. The maximum absolute atomic E-state index is 12.2. The van der Waals surface area contributed by atoms with Crippen molar-refractivity contribution in [2.45, 2.75) is 139 Å². The molecule has 5 nitrogen and oxygen atoms in total. The molecule has 40 heavy (non-hydrogen) atoms. The van der Waals surface area contributed by atoms with Crippen LogP contribution in [0.25, 0.3) is 0 Å². The number of hydrogen-bond donors (Lipinski definition) is 2. The van der Waals surface area contributed by atoms with Gasteiger partial charge in [0.25, 0.3) is 0 Å². The molecule has 0 aromatic carbocycles. The highest BCUT2D eigenvalue weighted by molar-refractivity contribution is 5.75. The smallest absolute Gasteiger partial charge is 0.220 e. The fourth-order valence-electron chi connectivity index (χ4n) is 9.36. The zero-order valence-corrected chi connectivity index (χ0v) is 28.3. The number of fused-ring (bicyclic) bond motifs is 5. The molecule has 0 radical (unpaired) electrons. The minimum atomic E-state index is 0.268. The van der Waals surface area contributed by atoms with Crippen LogP contribution in [0, 0.1) is 52.3 Å². The van der Waals surface area contributed by atoms with E-state index in [9.17, 15) is 4.79 Å². The van der Waals surface area contributed by atoms with E-state index >= 15 is 0 Å². The molecule has 0 spiro atoms.